The lowest BCUT2D eigenvalue weighted by Gasteiger charge is -2.07. The Hall–Kier alpha value is -1.70. The molecule has 5 nitrogen and oxygen atoms in total. The first-order chi connectivity index (χ1) is 10.2. The molecular formula is C14H13BrN4OS. The number of rotatable bonds is 4. The highest BCUT2D eigenvalue weighted by Crippen LogP contribution is 2.34. The number of nitrogens with one attached hydrogen (secondary N) is 1. The van der Waals surface area contributed by atoms with Crippen molar-refractivity contribution >= 4 is 43.4 Å². The van der Waals surface area contributed by atoms with Gasteiger partial charge in [-0.1, -0.05) is 22.9 Å². The van der Waals surface area contributed by atoms with E-state index in [2.05, 4.69) is 44.3 Å². The van der Waals surface area contributed by atoms with Crippen molar-refractivity contribution in [2.75, 3.05) is 5.43 Å². The van der Waals surface area contributed by atoms with Gasteiger partial charge >= 0.3 is 0 Å². The van der Waals surface area contributed by atoms with Crippen molar-refractivity contribution < 1.29 is 4.74 Å². The van der Waals surface area contributed by atoms with Crippen LogP contribution in [0.15, 0.2) is 34.8 Å². The minimum atomic E-state index is 0.346. The summed E-state index contributed by atoms with van der Waals surface area (Å²) in [6.07, 6.45) is 0.949. The van der Waals surface area contributed by atoms with Gasteiger partial charge in [0.1, 0.15) is 10.6 Å². The van der Waals surface area contributed by atoms with E-state index in [1.165, 1.54) is 4.88 Å². The summed E-state index contributed by atoms with van der Waals surface area (Å²) in [5.74, 6) is 7.00. The molecular weight excluding hydrogens is 352 g/mol. The maximum atomic E-state index is 5.89. The Morgan fingerprint density at radius 2 is 2.05 bits per heavy atom. The molecule has 0 aliphatic rings. The van der Waals surface area contributed by atoms with Crippen LogP contribution in [0.5, 0.6) is 11.6 Å². The first-order valence-corrected chi connectivity index (χ1v) is 8.01. The number of benzene rings is 1. The number of ether oxygens (including phenoxy) is 1. The minimum Gasteiger partial charge on any atom is -0.438 e. The maximum absolute atomic E-state index is 5.89. The Kier molecular flexibility index (Phi) is 4.05. The Balaban J connectivity index is 2.06. The molecule has 0 aliphatic carbocycles. The van der Waals surface area contributed by atoms with E-state index in [9.17, 15) is 0 Å². The summed E-state index contributed by atoms with van der Waals surface area (Å²) < 4.78 is 6.88. The summed E-state index contributed by atoms with van der Waals surface area (Å²) in [6.45, 7) is 2.11. The lowest BCUT2D eigenvalue weighted by Crippen LogP contribution is -2.10. The van der Waals surface area contributed by atoms with Crippen LogP contribution in [-0.2, 0) is 6.42 Å². The highest BCUT2D eigenvalue weighted by atomic mass is 79.9. The van der Waals surface area contributed by atoms with Gasteiger partial charge in [-0.15, -0.1) is 11.3 Å². The van der Waals surface area contributed by atoms with Gasteiger partial charge in [0.2, 0.25) is 11.8 Å². The minimum absolute atomic E-state index is 0.346. The Morgan fingerprint density at radius 1 is 1.29 bits per heavy atom. The second-order valence-electron chi connectivity index (χ2n) is 4.34. The monoisotopic (exact) mass is 364 g/mol. The van der Waals surface area contributed by atoms with Crippen LogP contribution in [0.25, 0.3) is 10.2 Å². The van der Waals surface area contributed by atoms with Crippen LogP contribution in [0.2, 0.25) is 0 Å². The van der Waals surface area contributed by atoms with E-state index < -0.39 is 0 Å². The van der Waals surface area contributed by atoms with Crippen molar-refractivity contribution in [1.82, 2.24) is 9.97 Å². The molecule has 0 saturated heterocycles. The second kappa shape index (κ2) is 5.97. The van der Waals surface area contributed by atoms with Gasteiger partial charge in [0.05, 0.1) is 5.39 Å². The van der Waals surface area contributed by atoms with E-state index >= 15 is 0 Å². The molecule has 0 saturated carbocycles. The molecule has 0 amide bonds. The summed E-state index contributed by atoms with van der Waals surface area (Å²) >= 11 is 5.02. The van der Waals surface area contributed by atoms with Crippen LogP contribution in [0.3, 0.4) is 0 Å². The third kappa shape index (κ3) is 2.99. The normalized spacial score (nSPS) is 10.8. The Morgan fingerprint density at radius 3 is 2.71 bits per heavy atom. The van der Waals surface area contributed by atoms with E-state index in [1.54, 1.807) is 11.3 Å². The summed E-state index contributed by atoms with van der Waals surface area (Å²) in [6, 6.07) is 9.65. The van der Waals surface area contributed by atoms with Crippen molar-refractivity contribution in [1.29, 1.82) is 0 Å². The third-order valence-electron chi connectivity index (χ3n) is 2.91. The average Bonchev–Trinajstić information content (AvgIpc) is 2.92. The number of nitrogens with zero attached hydrogens (tertiary/aromatic N) is 2. The number of nitrogen functional groups attached to an aromatic ring is 1. The van der Waals surface area contributed by atoms with Crippen molar-refractivity contribution in [3.05, 3.63) is 39.7 Å². The predicted molar refractivity (Wildman–Crippen MR) is 88.8 cm³/mol. The number of anilines is 1. The smallest absolute Gasteiger partial charge is 0.241 e. The summed E-state index contributed by atoms with van der Waals surface area (Å²) in [7, 11) is 0. The lowest BCUT2D eigenvalue weighted by atomic mass is 10.3. The zero-order valence-corrected chi connectivity index (χ0v) is 13.7. The number of halogens is 1. The molecule has 0 spiro atoms. The van der Waals surface area contributed by atoms with E-state index in [-0.39, 0.29) is 0 Å². The van der Waals surface area contributed by atoms with Crippen LogP contribution in [0, 0.1) is 0 Å². The number of hydrogen-bond acceptors (Lipinski definition) is 6. The molecule has 0 atom stereocenters. The van der Waals surface area contributed by atoms with E-state index in [4.69, 9.17) is 10.6 Å². The fourth-order valence-corrected chi connectivity index (χ4v) is 3.10. The third-order valence-corrected chi connectivity index (χ3v) is 4.62. The second-order valence-corrected chi connectivity index (χ2v) is 6.37. The van der Waals surface area contributed by atoms with Gasteiger partial charge in [0, 0.05) is 9.35 Å². The van der Waals surface area contributed by atoms with Gasteiger partial charge in [-0.3, -0.25) is 5.43 Å². The van der Waals surface area contributed by atoms with Gasteiger partial charge in [-0.05, 0) is 36.8 Å². The van der Waals surface area contributed by atoms with Gasteiger partial charge in [-0.25, -0.2) is 10.8 Å². The number of aryl methyl sites for hydroxylation is 1. The molecule has 1 aromatic carbocycles. The molecule has 2 heterocycles. The van der Waals surface area contributed by atoms with E-state index in [0.717, 1.165) is 21.1 Å². The fraction of sp³-hybridized carbons (Fsp3) is 0.143. The van der Waals surface area contributed by atoms with Crippen LogP contribution >= 0.6 is 27.3 Å². The zero-order chi connectivity index (χ0) is 14.8. The molecule has 0 radical (unpaired) electrons. The summed E-state index contributed by atoms with van der Waals surface area (Å²) in [5, 5.41) is 0.902. The van der Waals surface area contributed by atoms with Crippen LogP contribution < -0.4 is 16.0 Å². The van der Waals surface area contributed by atoms with Gasteiger partial charge in [-0.2, -0.15) is 4.98 Å². The fourth-order valence-electron chi connectivity index (χ4n) is 1.88. The summed E-state index contributed by atoms with van der Waals surface area (Å²) in [4.78, 5) is 10.8. The standard InChI is InChI=1S/C14H13BrN4OS/c1-2-10-7-11-12(17-14(19-16)18-13(11)21-10)20-9-5-3-8(15)4-6-9/h3-7H,2,16H2,1H3,(H,17,18,19). The van der Waals surface area contributed by atoms with Crippen LogP contribution in [0.1, 0.15) is 11.8 Å². The van der Waals surface area contributed by atoms with Gasteiger partial charge in [0.15, 0.2) is 0 Å². The maximum Gasteiger partial charge on any atom is 0.241 e. The number of hydrazine groups is 1. The number of nitrogens with two attached hydrogens (primary N) is 1. The highest BCUT2D eigenvalue weighted by Gasteiger charge is 2.13. The molecule has 108 valence electrons. The number of aromatic nitrogens is 2. The molecule has 7 heteroatoms. The van der Waals surface area contributed by atoms with E-state index in [1.807, 2.05) is 24.3 Å². The number of fused-ring (bicyclic) bond motifs is 1. The molecule has 21 heavy (non-hydrogen) atoms. The Labute approximate surface area is 134 Å². The van der Waals surface area contributed by atoms with Gasteiger partial charge < -0.3 is 4.74 Å². The predicted octanol–water partition coefficient (Wildman–Crippen LogP) is 4.09. The molecule has 0 fully saturated rings. The average molecular weight is 365 g/mol. The lowest BCUT2D eigenvalue weighted by molar-refractivity contribution is 0.469. The Bertz CT molecular complexity index is 772. The molecule has 0 bridgehead atoms. The van der Waals surface area contributed by atoms with Gasteiger partial charge in [0.25, 0.3) is 0 Å². The highest BCUT2D eigenvalue weighted by molar-refractivity contribution is 9.10. The molecule has 0 unspecified atom stereocenters. The quantitative estimate of drug-likeness (QED) is 0.538. The topological polar surface area (TPSA) is 73.1 Å². The van der Waals surface area contributed by atoms with Crippen molar-refractivity contribution in [3.8, 4) is 11.6 Å². The molecule has 3 aromatic rings. The van der Waals surface area contributed by atoms with Crippen molar-refractivity contribution in [2.24, 2.45) is 5.84 Å². The van der Waals surface area contributed by atoms with E-state index in [0.29, 0.717) is 17.6 Å². The first kappa shape index (κ1) is 14.2. The molecule has 3 rings (SSSR count). The van der Waals surface area contributed by atoms with Crippen LogP contribution in [0.4, 0.5) is 5.95 Å². The largest absolute Gasteiger partial charge is 0.438 e. The zero-order valence-electron chi connectivity index (χ0n) is 11.3. The van der Waals surface area contributed by atoms with Crippen LogP contribution in [-0.4, -0.2) is 9.97 Å². The summed E-state index contributed by atoms with van der Waals surface area (Å²) in [5.41, 5.74) is 2.48. The number of hydrogen-bond donors (Lipinski definition) is 2. The molecule has 3 N–H and O–H groups in total. The first-order valence-electron chi connectivity index (χ1n) is 6.40. The SMILES string of the molecule is CCc1cc2c(Oc3ccc(Br)cc3)nc(NN)nc2s1. The molecule has 2 aromatic heterocycles. The number of thiophene rings is 1. The van der Waals surface area contributed by atoms with Crippen molar-refractivity contribution in [3.63, 3.8) is 0 Å². The molecule has 0 aliphatic heterocycles. The van der Waals surface area contributed by atoms with Crippen molar-refractivity contribution in [2.45, 2.75) is 13.3 Å².